The summed E-state index contributed by atoms with van der Waals surface area (Å²) in [4.78, 5) is 40.0. The van der Waals surface area contributed by atoms with Crippen LogP contribution in [0.3, 0.4) is 0 Å². The number of imide groups is 1. The Morgan fingerprint density at radius 3 is 2.46 bits per heavy atom. The van der Waals surface area contributed by atoms with Crippen LogP contribution in [0.15, 0.2) is 24.3 Å². The van der Waals surface area contributed by atoms with Crippen molar-refractivity contribution >= 4 is 17.8 Å². The molecule has 2 aliphatic rings. The molecule has 26 heavy (non-hydrogen) atoms. The first-order chi connectivity index (χ1) is 12.5. The molecule has 0 unspecified atom stereocenters. The number of rotatable bonds is 5. The number of amides is 2. The fourth-order valence-electron chi connectivity index (χ4n) is 4.59. The van der Waals surface area contributed by atoms with E-state index >= 15 is 0 Å². The molecule has 2 fully saturated rings. The first-order valence-corrected chi connectivity index (χ1v) is 8.89. The summed E-state index contributed by atoms with van der Waals surface area (Å²) >= 11 is 0. The van der Waals surface area contributed by atoms with Gasteiger partial charge in [-0.1, -0.05) is 19.1 Å². The van der Waals surface area contributed by atoms with E-state index in [1.54, 1.807) is 14.0 Å². The topological polar surface area (TPSA) is 89.5 Å². The number of para-hydroxylation sites is 1. The molecule has 7 nitrogen and oxygen atoms in total. The number of esters is 1. The van der Waals surface area contributed by atoms with Crippen LogP contribution in [-0.4, -0.2) is 49.0 Å². The molecular formula is C19H25N2O5+. The van der Waals surface area contributed by atoms with Crippen LogP contribution in [0.2, 0.25) is 0 Å². The van der Waals surface area contributed by atoms with Gasteiger partial charge in [-0.2, -0.15) is 0 Å². The molecule has 0 aliphatic carbocycles. The second-order valence-electron chi connectivity index (χ2n) is 6.74. The fraction of sp³-hybridized carbons (Fsp3) is 0.526. The van der Waals surface area contributed by atoms with Gasteiger partial charge in [0.05, 0.1) is 19.8 Å². The van der Waals surface area contributed by atoms with Crippen LogP contribution in [0, 0.1) is 11.8 Å². The maximum Gasteiger partial charge on any atom is 0.368 e. The number of hydrogen-bond donors (Lipinski definition) is 1. The lowest BCUT2D eigenvalue weighted by molar-refractivity contribution is -0.734. The number of carbonyl (C=O) groups is 3. The molecular weight excluding hydrogens is 336 g/mol. The molecule has 1 aromatic rings. The SMILES string of the molecule is CCN1C(=O)[C@H]2[C@@H](C1=O)[C@@](CC)(C(=O)OC)[NH2+][C@H]2c1ccccc1OC. The molecule has 2 N–H and O–H groups in total. The van der Waals surface area contributed by atoms with Gasteiger partial charge in [0.15, 0.2) is 0 Å². The number of benzene rings is 1. The standard InChI is InChI=1S/C19H24N2O5/c1-5-19(18(24)26-4)14-13(16(22)21(6-2)17(14)23)15(20-19)11-9-7-8-10-12(11)25-3/h7-10,13-15,20H,5-6H2,1-4H3/p+1/t13-,14-,15-,19-/m0/s1. The Bertz CT molecular complexity index is 749. The number of quaternary nitrogens is 1. The molecule has 0 saturated carbocycles. The van der Waals surface area contributed by atoms with Crippen LogP contribution in [-0.2, 0) is 19.1 Å². The van der Waals surface area contributed by atoms with Crippen LogP contribution in [0.5, 0.6) is 5.75 Å². The Morgan fingerprint density at radius 2 is 1.88 bits per heavy atom. The lowest BCUT2D eigenvalue weighted by Gasteiger charge is -2.28. The molecule has 7 heteroatoms. The molecule has 1 aromatic carbocycles. The highest BCUT2D eigenvalue weighted by molar-refractivity contribution is 6.08. The highest BCUT2D eigenvalue weighted by Crippen LogP contribution is 2.47. The number of fused-ring (bicyclic) bond motifs is 1. The van der Waals surface area contributed by atoms with Gasteiger partial charge in [-0.05, 0) is 19.1 Å². The third-order valence-corrected chi connectivity index (χ3v) is 5.83. The van der Waals surface area contributed by atoms with Crippen molar-refractivity contribution in [3.8, 4) is 5.75 Å². The van der Waals surface area contributed by atoms with Crippen molar-refractivity contribution in [2.24, 2.45) is 11.8 Å². The monoisotopic (exact) mass is 361 g/mol. The molecule has 0 aromatic heterocycles. The first kappa shape index (κ1) is 18.4. The second kappa shape index (κ2) is 6.72. The number of nitrogens with two attached hydrogens (primary N) is 1. The second-order valence-corrected chi connectivity index (χ2v) is 6.74. The zero-order chi connectivity index (χ0) is 19.1. The first-order valence-electron chi connectivity index (χ1n) is 8.89. The van der Waals surface area contributed by atoms with E-state index in [0.717, 1.165) is 5.56 Å². The summed E-state index contributed by atoms with van der Waals surface area (Å²) < 4.78 is 10.5. The van der Waals surface area contributed by atoms with Gasteiger partial charge in [0.25, 0.3) is 0 Å². The Morgan fingerprint density at radius 1 is 1.19 bits per heavy atom. The Balaban J connectivity index is 2.17. The minimum Gasteiger partial charge on any atom is -0.496 e. The maximum atomic E-state index is 13.0. The summed E-state index contributed by atoms with van der Waals surface area (Å²) in [7, 11) is 2.89. The number of carbonyl (C=O) groups excluding carboxylic acids is 3. The molecule has 0 radical (unpaired) electrons. The van der Waals surface area contributed by atoms with Gasteiger partial charge < -0.3 is 14.8 Å². The van der Waals surface area contributed by atoms with Gasteiger partial charge in [-0.3, -0.25) is 14.5 Å². The smallest absolute Gasteiger partial charge is 0.368 e. The lowest BCUT2D eigenvalue weighted by Crippen LogP contribution is -2.98. The van der Waals surface area contributed by atoms with Gasteiger partial charge in [0.2, 0.25) is 17.4 Å². The summed E-state index contributed by atoms with van der Waals surface area (Å²) in [5, 5.41) is 1.84. The number of ether oxygens (including phenoxy) is 2. The van der Waals surface area contributed by atoms with E-state index in [-0.39, 0.29) is 17.9 Å². The van der Waals surface area contributed by atoms with E-state index in [4.69, 9.17) is 9.47 Å². The van der Waals surface area contributed by atoms with Gasteiger partial charge in [0, 0.05) is 13.0 Å². The molecule has 2 amide bonds. The maximum absolute atomic E-state index is 13.0. The van der Waals surface area contributed by atoms with Crippen molar-refractivity contribution < 1.29 is 29.2 Å². The fourth-order valence-corrected chi connectivity index (χ4v) is 4.59. The molecule has 2 heterocycles. The summed E-state index contributed by atoms with van der Waals surface area (Å²) in [6.07, 6.45) is 0.392. The Labute approximate surface area is 152 Å². The molecule has 3 rings (SSSR count). The molecule has 0 bridgehead atoms. The third-order valence-electron chi connectivity index (χ3n) is 5.83. The van der Waals surface area contributed by atoms with Gasteiger partial charge in [0.1, 0.15) is 23.6 Å². The van der Waals surface area contributed by atoms with Crippen LogP contribution in [0.25, 0.3) is 0 Å². The van der Waals surface area contributed by atoms with Crippen molar-refractivity contribution in [2.75, 3.05) is 20.8 Å². The van der Waals surface area contributed by atoms with Crippen LogP contribution in [0.4, 0.5) is 0 Å². The van der Waals surface area contributed by atoms with E-state index in [9.17, 15) is 14.4 Å². The summed E-state index contributed by atoms with van der Waals surface area (Å²) in [6, 6.07) is 7.03. The van der Waals surface area contributed by atoms with E-state index in [1.165, 1.54) is 12.0 Å². The van der Waals surface area contributed by atoms with Crippen LogP contribution < -0.4 is 10.1 Å². The lowest BCUT2D eigenvalue weighted by atomic mass is 9.78. The quantitative estimate of drug-likeness (QED) is 0.600. The van der Waals surface area contributed by atoms with Crippen molar-refractivity contribution in [2.45, 2.75) is 31.8 Å². The Kier molecular flexibility index (Phi) is 4.75. The van der Waals surface area contributed by atoms with Crippen LogP contribution >= 0.6 is 0 Å². The highest BCUT2D eigenvalue weighted by Gasteiger charge is 2.71. The summed E-state index contributed by atoms with van der Waals surface area (Å²) in [6.45, 7) is 3.91. The zero-order valence-corrected chi connectivity index (χ0v) is 15.5. The zero-order valence-electron chi connectivity index (χ0n) is 15.5. The summed E-state index contributed by atoms with van der Waals surface area (Å²) in [5.41, 5.74) is -0.301. The van der Waals surface area contributed by atoms with E-state index in [1.807, 2.05) is 36.5 Å². The molecule has 0 spiro atoms. The van der Waals surface area contributed by atoms with E-state index in [2.05, 4.69) is 0 Å². The van der Waals surface area contributed by atoms with Crippen molar-refractivity contribution in [1.29, 1.82) is 0 Å². The summed E-state index contributed by atoms with van der Waals surface area (Å²) in [5.74, 6) is -1.69. The van der Waals surface area contributed by atoms with Crippen molar-refractivity contribution in [3.63, 3.8) is 0 Å². The van der Waals surface area contributed by atoms with Gasteiger partial charge in [-0.25, -0.2) is 4.79 Å². The predicted molar refractivity (Wildman–Crippen MR) is 92.1 cm³/mol. The minimum absolute atomic E-state index is 0.228. The molecule has 4 atom stereocenters. The largest absolute Gasteiger partial charge is 0.496 e. The minimum atomic E-state index is -1.11. The van der Waals surface area contributed by atoms with Gasteiger partial charge >= 0.3 is 5.97 Å². The number of likely N-dealkylation sites (tertiary alicyclic amines) is 1. The normalized spacial score (nSPS) is 30.5. The Hall–Kier alpha value is -2.41. The van der Waals surface area contributed by atoms with Crippen molar-refractivity contribution in [3.05, 3.63) is 29.8 Å². The van der Waals surface area contributed by atoms with E-state index < -0.39 is 23.3 Å². The number of hydrogen-bond acceptors (Lipinski definition) is 5. The average molecular weight is 361 g/mol. The number of nitrogens with zero attached hydrogens (tertiary/aromatic N) is 1. The van der Waals surface area contributed by atoms with Crippen LogP contribution in [0.1, 0.15) is 31.9 Å². The molecule has 2 aliphatic heterocycles. The highest BCUT2D eigenvalue weighted by atomic mass is 16.5. The third kappa shape index (κ3) is 2.34. The number of methoxy groups -OCH3 is 2. The molecule has 2 saturated heterocycles. The molecule has 140 valence electrons. The van der Waals surface area contributed by atoms with Gasteiger partial charge in [-0.15, -0.1) is 0 Å². The van der Waals surface area contributed by atoms with Crippen molar-refractivity contribution in [1.82, 2.24) is 4.90 Å². The average Bonchev–Trinajstić information content (AvgIpc) is 3.15. The van der Waals surface area contributed by atoms with E-state index in [0.29, 0.717) is 18.7 Å². The predicted octanol–water partition coefficient (Wildman–Crippen LogP) is 0.256.